The van der Waals surface area contributed by atoms with Crippen LogP contribution in [0, 0.1) is 0 Å². The highest BCUT2D eigenvalue weighted by Crippen LogP contribution is 2.41. The molecule has 1 amide bonds. The molecule has 2 aromatic heterocycles. The zero-order chi connectivity index (χ0) is 27.5. The molecule has 4 rings (SSSR count). The summed E-state index contributed by atoms with van der Waals surface area (Å²) in [4.78, 5) is 18.2. The highest BCUT2D eigenvalue weighted by atomic mass is 16.4. The van der Waals surface area contributed by atoms with Gasteiger partial charge in [-0.05, 0) is 82.8 Å². The average molecular weight is 521 g/mol. The lowest BCUT2D eigenvalue weighted by Crippen LogP contribution is -2.34. The minimum Gasteiger partial charge on any atom is -0.460 e. The van der Waals surface area contributed by atoms with Gasteiger partial charge in [-0.15, -0.1) is 0 Å². The maximum atomic E-state index is 12.1. The van der Waals surface area contributed by atoms with Gasteiger partial charge < -0.3 is 19.8 Å². The van der Waals surface area contributed by atoms with Crippen LogP contribution in [0.5, 0.6) is 0 Å². The molecule has 2 unspecified atom stereocenters. The van der Waals surface area contributed by atoms with E-state index in [4.69, 9.17) is 4.42 Å². The summed E-state index contributed by atoms with van der Waals surface area (Å²) in [6.45, 7) is 7.20. The number of allylic oxidation sites excluding steroid dienone is 4. The molecule has 7 heteroatoms. The van der Waals surface area contributed by atoms with E-state index in [1.807, 2.05) is 45.0 Å². The fourth-order valence-electron chi connectivity index (χ4n) is 5.28. The van der Waals surface area contributed by atoms with E-state index in [0.717, 1.165) is 73.3 Å². The number of hydrogen-bond acceptors (Lipinski definition) is 6. The molecule has 1 fully saturated rings. The van der Waals surface area contributed by atoms with Gasteiger partial charge in [0.15, 0.2) is 0 Å². The number of nitrogens with one attached hydrogen (secondary N) is 1. The first kappa shape index (κ1) is 29.4. The van der Waals surface area contributed by atoms with E-state index in [1.54, 1.807) is 12.4 Å². The van der Waals surface area contributed by atoms with Crippen LogP contribution in [0.15, 0.2) is 63.5 Å². The van der Waals surface area contributed by atoms with E-state index in [0.29, 0.717) is 13.1 Å². The lowest BCUT2D eigenvalue weighted by molar-refractivity contribution is -0.121. The van der Waals surface area contributed by atoms with Gasteiger partial charge in [-0.25, -0.2) is 0 Å². The molecule has 2 aliphatic rings. The van der Waals surface area contributed by atoms with Gasteiger partial charge in [0.05, 0.1) is 12.3 Å². The van der Waals surface area contributed by atoms with Crippen LogP contribution < -0.4 is 5.32 Å². The summed E-state index contributed by atoms with van der Waals surface area (Å²) >= 11 is 0. The van der Waals surface area contributed by atoms with E-state index in [-0.39, 0.29) is 17.7 Å². The molecule has 2 heterocycles. The molecule has 206 valence electrons. The van der Waals surface area contributed by atoms with E-state index in [2.05, 4.69) is 40.6 Å². The van der Waals surface area contributed by atoms with Gasteiger partial charge in [-0.2, -0.15) is 0 Å². The Labute approximate surface area is 227 Å². The van der Waals surface area contributed by atoms with Crippen LogP contribution in [0.2, 0.25) is 0 Å². The number of fused-ring (bicyclic) bond motifs is 2. The van der Waals surface area contributed by atoms with Gasteiger partial charge in [-0.1, -0.05) is 43.7 Å². The van der Waals surface area contributed by atoms with E-state index in [1.165, 1.54) is 11.1 Å². The number of amides is 1. The van der Waals surface area contributed by atoms with E-state index >= 15 is 0 Å². The van der Waals surface area contributed by atoms with Gasteiger partial charge in [-0.3, -0.25) is 9.78 Å². The summed E-state index contributed by atoms with van der Waals surface area (Å²) in [5, 5.41) is 15.9. The number of furan rings is 1. The monoisotopic (exact) mass is 520 g/mol. The lowest BCUT2D eigenvalue weighted by atomic mass is 9.81. The summed E-state index contributed by atoms with van der Waals surface area (Å²) in [7, 11) is 3.79. The predicted octanol–water partition coefficient (Wildman–Crippen LogP) is 6.67. The minimum atomic E-state index is 0.0444. The molecule has 2 atom stereocenters. The number of hydrogen-bond donors (Lipinski definition) is 2. The number of carbonyl (C=O) groups excluding carboxylic acids is 1. The smallest absolute Gasteiger partial charge is 0.234 e. The topological polar surface area (TPSA) is 91.0 Å². The van der Waals surface area contributed by atoms with Crippen molar-refractivity contribution in [1.29, 1.82) is 0 Å². The number of likely N-dealkylation sites (N-methyl/N-ethyl adjacent to an activating group) is 1. The molecule has 2 aliphatic carbocycles. The van der Waals surface area contributed by atoms with Gasteiger partial charge in [0, 0.05) is 41.9 Å². The van der Waals surface area contributed by atoms with Crippen molar-refractivity contribution in [2.75, 3.05) is 27.2 Å². The van der Waals surface area contributed by atoms with Crippen LogP contribution in [0.4, 0.5) is 0 Å². The maximum Gasteiger partial charge on any atom is 0.234 e. The van der Waals surface area contributed by atoms with Crippen LogP contribution >= 0.6 is 0 Å². The second-order valence-corrected chi connectivity index (χ2v) is 10.1. The van der Waals surface area contributed by atoms with Crippen molar-refractivity contribution < 1.29 is 14.4 Å². The molecule has 0 radical (unpaired) electrons. The number of aromatic nitrogens is 1. The lowest BCUT2D eigenvalue weighted by Gasteiger charge is -2.24. The van der Waals surface area contributed by atoms with Crippen molar-refractivity contribution in [3.63, 3.8) is 0 Å². The third kappa shape index (κ3) is 7.67. The molecule has 2 aromatic rings. The highest BCUT2D eigenvalue weighted by Gasteiger charge is 2.26. The summed E-state index contributed by atoms with van der Waals surface area (Å²) in [5.74, 6) is 2.43. The molecule has 0 saturated heterocycles. The average Bonchev–Trinajstić information content (AvgIpc) is 3.36. The Bertz CT molecular complexity index is 1130. The molecule has 38 heavy (non-hydrogen) atoms. The predicted molar refractivity (Wildman–Crippen MR) is 154 cm³/mol. The first-order valence-corrected chi connectivity index (χ1v) is 14.0. The van der Waals surface area contributed by atoms with Crippen LogP contribution in [0.3, 0.4) is 0 Å². The molecular weight excluding hydrogens is 476 g/mol. The summed E-state index contributed by atoms with van der Waals surface area (Å²) < 4.78 is 6.59. The Kier molecular flexibility index (Phi) is 11.3. The van der Waals surface area contributed by atoms with Crippen LogP contribution in [0.25, 0.3) is 11.3 Å². The van der Waals surface area contributed by atoms with Gasteiger partial charge >= 0.3 is 0 Å². The molecule has 0 aliphatic heterocycles. The molecule has 1 saturated carbocycles. The van der Waals surface area contributed by atoms with E-state index < -0.39 is 0 Å². The largest absolute Gasteiger partial charge is 0.460 e. The van der Waals surface area contributed by atoms with Gasteiger partial charge in [0.2, 0.25) is 5.91 Å². The molecular formula is C31H44N4O3. The summed E-state index contributed by atoms with van der Waals surface area (Å²) in [5.41, 5.74) is 5.65. The molecule has 2 bridgehead atoms. The SMILES string of the molecule is CC.CCC(CCNC(=O)CN(C)C)c1cc(C2/C=C3/CCC(=N\O)/C(=C/CC2)C3)c(-c2ccncc2)o1. The standard InChI is InChI=1S/C29H38N4O3.C2H6/c1-4-21(12-15-31-28(34)19-33(2)3)27-18-25(29(36-27)22-10-13-30-14-11-22)23-6-5-7-24-17-20(16-23)8-9-26(24)32-35;1-2/h7,10-11,13-14,16,18,21,23,35H,4-6,8-9,12,15,17,19H2,1-3H3,(H,31,34);1-2H3/b20-16-,24-7+,32-26+;. The zero-order valence-corrected chi connectivity index (χ0v) is 23.7. The second-order valence-electron chi connectivity index (χ2n) is 10.1. The number of rotatable bonds is 9. The minimum absolute atomic E-state index is 0.0444. The van der Waals surface area contributed by atoms with Gasteiger partial charge in [0.25, 0.3) is 0 Å². The Hall–Kier alpha value is -3.19. The molecule has 0 aromatic carbocycles. The van der Waals surface area contributed by atoms with Crippen molar-refractivity contribution in [2.24, 2.45) is 5.16 Å². The first-order chi connectivity index (χ1) is 18.5. The normalized spacial score (nSPS) is 21.7. The Morgan fingerprint density at radius 2 is 2.03 bits per heavy atom. The first-order valence-electron chi connectivity index (χ1n) is 14.0. The third-order valence-electron chi connectivity index (χ3n) is 7.19. The Balaban J connectivity index is 0.00000195. The highest BCUT2D eigenvalue weighted by molar-refractivity contribution is 6.01. The van der Waals surface area contributed by atoms with Crippen molar-refractivity contribution in [3.8, 4) is 11.3 Å². The van der Waals surface area contributed by atoms with E-state index in [9.17, 15) is 10.0 Å². The maximum absolute atomic E-state index is 12.1. The second kappa shape index (κ2) is 14.7. The zero-order valence-electron chi connectivity index (χ0n) is 23.7. The third-order valence-corrected chi connectivity index (χ3v) is 7.19. The van der Waals surface area contributed by atoms with Crippen LogP contribution in [-0.4, -0.2) is 53.9 Å². The van der Waals surface area contributed by atoms with Crippen molar-refractivity contribution in [2.45, 2.75) is 77.6 Å². The number of pyridine rings is 1. The van der Waals surface area contributed by atoms with Crippen molar-refractivity contribution in [3.05, 3.63) is 65.2 Å². The van der Waals surface area contributed by atoms with Crippen LogP contribution in [0.1, 0.15) is 88.9 Å². The summed E-state index contributed by atoms with van der Waals surface area (Å²) in [6, 6.07) is 6.27. The molecule has 0 spiro atoms. The fraction of sp³-hybridized carbons (Fsp3) is 0.516. The fourth-order valence-corrected chi connectivity index (χ4v) is 5.28. The van der Waals surface area contributed by atoms with Gasteiger partial charge in [0.1, 0.15) is 11.5 Å². The molecule has 2 N–H and O–H groups in total. The van der Waals surface area contributed by atoms with Crippen LogP contribution in [-0.2, 0) is 4.79 Å². The Morgan fingerprint density at radius 1 is 1.26 bits per heavy atom. The number of oxime groups is 1. The number of nitrogens with zero attached hydrogens (tertiary/aromatic N) is 3. The van der Waals surface area contributed by atoms with Crippen molar-refractivity contribution >= 4 is 11.6 Å². The Morgan fingerprint density at radius 3 is 2.71 bits per heavy atom. The van der Waals surface area contributed by atoms with Crippen molar-refractivity contribution in [1.82, 2.24) is 15.2 Å². The number of carbonyl (C=O) groups is 1. The summed E-state index contributed by atoms with van der Waals surface area (Å²) in [6.07, 6.45) is 14.5. The molecule has 7 nitrogen and oxygen atoms in total. The quantitative estimate of drug-likeness (QED) is 0.219.